The maximum absolute atomic E-state index is 12.3. The molecule has 1 fully saturated rings. The summed E-state index contributed by atoms with van der Waals surface area (Å²) < 4.78 is 0. The third-order valence-electron chi connectivity index (χ3n) is 3.82. The molecule has 110 valence electrons. The van der Waals surface area contributed by atoms with Crippen LogP contribution in [0.3, 0.4) is 0 Å². The molecule has 1 aliphatic carbocycles. The molecule has 0 unspecified atom stereocenters. The van der Waals surface area contributed by atoms with E-state index >= 15 is 0 Å². The van der Waals surface area contributed by atoms with Crippen LogP contribution < -0.4 is 11.1 Å². The van der Waals surface area contributed by atoms with Crippen LogP contribution >= 0.6 is 11.3 Å². The summed E-state index contributed by atoms with van der Waals surface area (Å²) in [7, 11) is 0. The molecule has 2 aromatic rings. The van der Waals surface area contributed by atoms with Crippen molar-refractivity contribution in [3.8, 4) is 0 Å². The third kappa shape index (κ3) is 3.06. The molecule has 1 aromatic carbocycles. The molecular weight excluding hydrogens is 286 g/mol. The van der Waals surface area contributed by atoms with E-state index in [9.17, 15) is 9.90 Å². The molecule has 1 atom stereocenters. The zero-order valence-electron chi connectivity index (χ0n) is 11.4. The van der Waals surface area contributed by atoms with E-state index in [1.54, 1.807) is 5.38 Å². The minimum absolute atomic E-state index is 0.106. The second-order valence-electron chi connectivity index (χ2n) is 5.32. The fourth-order valence-corrected chi connectivity index (χ4v) is 3.19. The van der Waals surface area contributed by atoms with Gasteiger partial charge in [-0.15, -0.1) is 11.3 Å². The molecular formula is C15H17N3O2S. The molecule has 4 N–H and O–H groups in total. The molecule has 1 saturated carbocycles. The summed E-state index contributed by atoms with van der Waals surface area (Å²) in [6, 6.07) is 9.72. The number of benzene rings is 1. The number of aromatic nitrogens is 1. The molecule has 0 saturated heterocycles. The predicted octanol–water partition coefficient (Wildman–Crippen LogP) is 1.97. The maximum Gasteiger partial charge on any atom is 0.271 e. The first-order chi connectivity index (χ1) is 10.1. The highest BCUT2D eigenvalue weighted by Gasteiger charge is 2.35. The minimum Gasteiger partial charge on any atom is -0.393 e. The van der Waals surface area contributed by atoms with Gasteiger partial charge in [-0.3, -0.25) is 4.79 Å². The van der Waals surface area contributed by atoms with Crippen molar-refractivity contribution in [1.29, 1.82) is 0 Å². The average Bonchev–Trinajstić information content (AvgIpc) is 2.89. The Hall–Kier alpha value is -1.92. The smallest absolute Gasteiger partial charge is 0.271 e. The molecule has 1 aliphatic rings. The van der Waals surface area contributed by atoms with Crippen LogP contribution in [0.5, 0.6) is 0 Å². The van der Waals surface area contributed by atoms with Crippen LogP contribution in [0.15, 0.2) is 35.7 Å². The molecule has 1 aromatic heterocycles. The Kier molecular flexibility index (Phi) is 3.90. The van der Waals surface area contributed by atoms with Gasteiger partial charge in [-0.1, -0.05) is 30.3 Å². The number of carbonyl (C=O) groups is 1. The van der Waals surface area contributed by atoms with Gasteiger partial charge in [0.05, 0.1) is 12.1 Å². The zero-order chi connectivity index (χ0) is 14.8. The predicted molar refractivity (Wildman–Crippen MR) is 81.9 cm³/mol. The van der Waals surface area contributed by atoms with Gasteiger partial charge in [0.25, 0.3) is 5.91 Å². The highest BCUT2D eigenvalue weighted by atomic mass is 32.1. The number of nitrogens with zero attached hydrogens (tertiary/aromatic N) is 1. The van der Waals surface area contributed by atoms with E-state index in [4.69, 9.17) is 5.73 Å². The number of aliphatic hydroxyl groups is 1. The van der Waals surface area contributed by atoms with Gasteiger partial charge in [0.1, 0.15) is 5.69 Å². The second-order valence-corrected chi connectivity index (χ2v) is 6.21. The Morgan fingerprint density at radius 2 is 2.10 bits per heavy atom. The summed E-state index contributed by atoms with van der Waals surface area (Å²) in [5, 5.41) is 14.6. The Labute approximate surface area is 126 Å². The Morgan fingerprint density at radius 3 is 2.67 bits per heavy atom. The molecule has 1 amide bonds. The largest absolute Gasteiger partial charge is 0.393 e. The number of anilines is 1. The Bertz CT molecular complexity index is 623. The number of hydrogen-bond donors (Lipinski definition) is 3. The molecule has 0 radical (unpaired) electrons. The van der Waals surface area contributed by atoms with Gasteiger partial charge in [-0.2, -0.15) is 0 Å². The van der Waals surface area contributed by atoms with Crippen molar-refractivity contribution >= 4 is 22.4 Å². The summed E-state index contributed by atoms with van der Waals surface area (Å²) in [4.78, 5) is 16.3. The number of thiazole rings is 1. The Balaban J connectivity index is 1.78. The van der Waals surface area contributed by atoms with E-state index in [-0.39, 0.29) is 24.0 Å². The van der Waals surface area contributed by atoms with Gasteiger partial charge < -0.3 is 16.2 Å². The van der Waals surface area contributed by atoms with E-state index in [0.717, 1.165) is 5.56 Å². The molecule has 1 heterocycles. The molecule has 3 rings (SSSR count). The van der Waals surface area contributed by atoms with E-state index in [2.05, 4.69) is 10.3 Å². The maximum atomic E-state index is 12.3. The lowest BCUT2D eigenvalue weighted by Gasteiger charge is -2.38. The van der Waals surface area contributed by atoms with Crippen LogP contribution in [0, 0.1) is 5.92 Å². The van der Waals surface area contributed by atoms with Crippen LogP contribution in [0.2, 0.25) is 0 Å². The van der Waals surface area contributed by atoms with Gasteiger partial charge in [0.2, 0.25) is 0 Å². The third-order valence-corrected chi connectivity index (χ3v) is 4.49. The number of hydrogen-bond acceptors (Lipinski definition) is 5. The van der Waals surface area contributed by atoms with Gasteiger partial charge in [-0.25, -0.2) is 4.98 Å². The monoisotopic (exact) mass is 303 g/mol. The van der Waals surface area contributed by atoms with Crippen LogP contribution in [-0.2, 0) is 0 Å². The summed E-state index contributed by atoms with van der Waals surface area (Å²) in [5.41, 5.74) is 6.96. The quantitative estimate of drug-likeness (QED) is 0.805. The van der Waals surface area contributed by atoms with Gasteiger partial charge in [-0.05, 0) is 24.3 Å². The number of nitrogens with one attached hydrogen (secondary N) is 1. The first-order valence-electron chi connectivity index (χ1n) is 6.88. The highest BCUT2D eigenvalue weighted by Crippen LogP contribution is 2.38. The molecule has 0 spiro atoms. The van der Waals surface area contributed by atoms with Crippen LogP contribution in [0.4, 0.5) is 5.13 Å². The molecule has 5 nitrogen and oxygen atoms in total. The number of carbonyl (C=O) groups excluding carboxylic acids is 1. The van der Waals surface area contributed by atoms with Crippen LogP contribution in [0.25, 0.3) is 0 Å². The lowest BCUT2D eigenvalue weighted by Crippen LogP contribution is -2.41. The van der Waals surface area contributed by atoms with E-state index in [0.29, 0.717) is 23.7 Å². The van der Waals surface area contributed by atoms with Crippen molar-refractivity contribution in [2.75, 3.05) is 5.73 Å². The summed E-state index contributed by atoms with van der Waals surface area (Å²) in [5.74, 6) is 0.0283. The van der Waals surface area contributed by atoms with Gasteiger partial charge in [0.15, 0.2) is 5.13 Å². The van der Waals surface area contributed by atoms with E-state index in [1.807, 2.05) is 30.3 Å². The van der Waals surface area contributed by atoms with E-state index in [1.165, 1.54) is 11.3 Å². The first-order valence-corrected chi connectivity index (χ1v) is 7.76. The van der Waals surface area contributed by atoms with Crippen molar-refractivity contribution in [3.05, 3.63) is 47.0 Å². The van der Waals surface area contributed by atoms with Crippen molar-refractivity contribution in [3.63, 3.8) is 0 Å². The molecule has 0 bridgehead atoms. The first kappa shape index (κ1) is 14.0. The normalized spacial score (nSPS) is 22.3. The van der Waals surface area contributed by atoms with Crippen molar-refractivity contribution in [2.24, 2.45) is 5.92 Å². The fraction of sp³-hybridized carbons (Fsp3) is 0.333. The average molecular weight is 303 g/mol. The summed E-state index contributed by atoms with van der Waals surface area (Å²) in [6.45, 7) is 0. The lowest BCUT2D eigenvalue weighted by molar-refractivity contribution is 0.0235. The highest BCUT2D eigenvalue weighted by molar-refractivity contribution is 7.13. The van der Waals surface area contributed by atoms with E-state index < -0.39 is 0 Å². The topological polar surface area (TPSA) is 88.2 Å². The fourth-order valence-electron chi connectivity index (χ4n) is 2.64. The number of nitrogens with two attached hydrogens (primary N) is 1. The number of nitrogen functional groups attached to an aromatic ring is 1. The Morgan fingerprint density at radius 1 is 1.38 bits per heavy atom. The van der Waals surface area contributed by atoms with Crippen molar-refractivity contribution in [2.45, 2.75) is 25.0 Å². The number of amides is 1. The molecule has 0 aliphatic heterocycles. The standard InChI is InChI=1S/C15H17N3O2S/c16-15-17-12(8-21-15)14(20)18-13(10-6-11(19)7-10)9-4-2-1-3-5-9/h1-5,8,10-11,13,19H,6-7H2,(H2,16,17)(H,18,20)/t10?,11?,13-/m0/s1. The van der Waals surface area contributed by atoms with Gasteiger partial charge >= 0.3 is 0 Å². The van der Waals surface area contributed by atoms with Crippen molar-refractivity contribution < 1.29 is 9.90 Å². The van der Waals surface area contributed by atoms with Crippen molar-refractivity contribution in [1.82, 2.24) is 10.3 Å². The molecule has 6 heteroatoms. The number of aliphatic hydroxyl groups excluding tert-OH is 1. The summed E-state index contributed by atoms with van der Waals surface area (Å²) >= 11 is 1.25. The summed E-state index contributed by atoms with van der Waals surface area (Å²) in [6.07, 6.45) is 1.16. The minimum atomic E-state index is -0.256. The second kappa shape index (κ2) is 5.83. The number of rotatable bonds is 4. The SMILES string of the molecule is Nc1nc(C(=O)N[C@@H](c2ccccc2)C2CC(O)C2)cs1. The molecule has 21 heavy (non-hydrogen) atoms. The van der Waals surface area contributed by atoms with Crippen LogP contribution in [0.1, 0.15) is 34.9 Å². The van der Waals surface area contributed by atoms with Gasteiger partial charge in [0, 0.05) is 5.38 Å². The van der Waals surface area contributed by atoms with Crippen LogP contribution in [-0.4, -0.2) is 22.1 Å². The zero-order valence-corrected chi connectivity index (χ0v) is 12.2. The lowest BCUT2D eigenvalue weighted by atomic mass is 9.75.